The Balaban J connectivity index is 2.06. The van der Waals surface area contributed by atoms with Crippen LogP contribution in [-0.4, -0.2) is 19.0 Å². The van der Waals surface area contributed by atoms with Crippen molar-refractivity contribution in [1.29, 1.82) is 5.26 Å². The summed E-state index contributed by atoms with van der Waals surface area (Å²) in [5.41, 5.74) is 1.84. The number of ketones is 1. The minimum Gasteiger partial charge on any atom is -0.340 e. The third kappa shape index (κ3) is 3.05. The van der Waals surface area contributed by atoms with Gasteiger partial charge < -0.3 is 9.47 Å². The average Bonchev–Trinajstić information content (AvgIpc) is 3.18. The molecule has 0 aromatic heterocycles. The third-order valence-corrected chi connectivity index (χ3v) is 5.02. The fourth-order valence-corrected chi connectivity index (χ4v) is 3.42. The summed E-state index contributed by atoms with van der Waals surface area (Å²) >= 11 is 0. The van der Waals surface area contributed by atoms with Crippen molar-refractivity contribution >= 4 is 5.78 Å². The Morgan fingerprint density at radius 3 is 2.31 bits per heavy atom. The van der Waals surface area contributed by atoms with E-state index in [1.54, 1.807) is 6.92 Å². The molecule has 26 heavy (non-hydrogen) atoms. The Bertz CT molecular complexity index is 830. The fraction of sp³-hybridized carbons (Fsp3) is 0.364. The van der Waals surface area contributed by atoms with Gasteiger partial charge in [-0.25, -0.2) is 0 Å². The lowest BCUT2D eigenvalue weighted by molar-refractivity contribution is -0.130. The van der Waals surface area contributed by atoms with E-state index in [2.05, 4.69) is 0 Å². The topological polar surface area (TPSA) is 59.3 Å². The van der Waals surface area contributed by atoms with Crippen LogP contribution in [0.4, 0.5) is 0 Å². The number of carbonyl (C=O) groups is 1. The molecule has 0 radical (unpaired) electrons. The molecular weight excluding hydrogens is 326 g/mol. The molecule has 0 saturated carbocycles. The summed E-state index contributed by atoms with van der Waals surface area (Å²) in [6, 6.07) is 19.6. The average molecular weight is 349 g/mol. The molecule has 4 heteroatoms. The first-order chi connectivity index (χ1) is 12.4. The van der Waals surface area contributed by atoms with Crippen LogP contribution in [0.5, 0.6) is 0 Å². The van der Waals surface area contributed by atoms with E-state index in [0.717, 1.165) is 16.7 Å². The lowest BCUT2D eigenvalue weighted by atomic mass is 9.75. The Kier molecular flexibility index (Phi) is 4.95. The standard InChI is InChI=1S/C22H23NO3/c1-16(15-23)20(24)21(2,3)18-10-7-11-19(14-18)22(25-12-13-26-22)17-8-5-4-6-9-17/h4-11,14,16H,12-13H2,1-3H3. The molecule has 1 fully saturated rings. The summed E-state index contributed by atoms with van der Waals surface area (Å²) < 4.78 is 12.1. The van der Waals surface area contributed by atoms with Crippen molar-refractivity contribution < 1.29 is 14.3 Å². The summed E-state index contributed by atoms with van der Waals surface area (Å²) in [6.07, 6.45) is 0. The summed E-state index contributed by atoms with van der Waals surface area (Å²) in [4.78, 5) is 12.7. The number of carbonyl (C=O) groups excluding carboxylic acids is 1. The molecule has 2 aromatic rings. The van der Waals surface area contributed by atoms with E-state index in [-0.39, 0.29) is 5.78 Å². The molecule has 1 atom stereocenters. The quantitative estimate of drug-likeness (QED) is 0.820. The van der Waals surface area contributed by atoms with Gasteiger partial charge in [0, 0.05) is 16.5 Å². The first-order valence-electron chi connectivity index (χ1n) is 8.80. The predicted molar refractivity (Wildman–Crippen MR) is 98.4 cm³/mol. The van der Waals surface area contributed by atoms with Crippen LogP contribution in [0.15, 0.2) is 54.6 Å². The Morgan fingerprint density at radius 2 is 1.69 bits per heavy atom. The smallest absolute Gasteiger partial charge is 0.222 e. The maximum Gasteiger partial charge on any atom is 0.222 e. The molecule has 0 aliphatic carbocycles. The van der Waals surface area contributed by atoms with E-state index >= 15 is 0 Å². The first kappa shape index (κ1) is 18.3. The van der Waals surface area contributed by atoms with Gasteiger partial charge in [0.05, 0.1) is 19.3 Å². The van der Waals surface area contributed by atoms with E-state index in [1.807, 2.05) is 74.5 Å². The highest BCUT2D eigenvalue weighted by atomic mass is 16.7. The number of hydrogen-bond acceptors (Lipinski definition) is 4. The zero-order valence-electron chi connectivity index (χ0n) is 15.4. The number of rotatable bonds is 5. The van der Waals surface area contributed by atoms with E-state index in [4.69, 9.17) is 14.7 Å². The van der Waals surface area contributed by atoms with E-state index in [0.29, 0.717) is 13.2 Å². The zero-order valence-corrected chi connectivity index (χ0v) is 15.4. The number of Topliss-reactive ketones (excluding diaryl/α,β-unsaturated/α-hetero) is 1. The summed E-state index contributed by atoms with van der Waals surface area (Å²) in [5, 5.41) is 9.12. The predicted octanol–water partition coefficient (Wildman–Crippen LogP) is 3.94. The second kappa shape index (κ2) is 7.03. The summed E-state index contributed by atoms with van der Waals surface area (Å²) in [6.45, 7) is 6.37. The van der Waals surface area contributed by atoms with Crippen molar-refractivity contribution in [2.75, 3.05) is 13.2 Å². The molecule has 134 valence electrons. The Morgan fingerprint density at radius 1 is 1.08 bits per heavy atom. The maximum atomic E-state index is 12.7. The van der Waals surface area contributed by atoms with Crippen LogP contribution >= 0.6 is 0 Å². The van der Waals surface area contributed by atoms with Crippen molar-refractivity contribution in [3.05, 3.63) is 71.3 Å². The van der Waals surface area contributed by atoms with Crippen molar-refractivity contribution in [3.63, 3.8) is 0 Å². The van der Waals surface area contributed by atoms with Crippen molar-refractivity contribution in [3.8, 4) is 6.07 Å². The van der Waals surface area contributed by atoms with Crippen LogP contribution in [0.25, 0.3) is 0 Å². The van der Waals surface area contributed by atoms with Crippen LogP contribution in [0.1, 0.15) is 37.5 Å². The molecule has 1 unspecified atom stereocenters. The van der Waals surface area contributed by atoms with E-state index in [1.165, 1.54) is 0 Å². The molecule has 1 aliphatic heterocycles. The normalized spacial score (nSPS) is 17.5. The fourth-order valence-electron chi connectivity index (χ4n) is 3.42. The molecule has 0 amide bonds. The number of benzene rings is 2. The molecule has 1 saturated heterocycles. The van der Waals surface area contributed by atoms with Crippen molar-refractivity contribution in [2.24, 2.45) is 5.92 Å². The number of nitrogens with zero attached hydrogens (tertiary/aromatic N) is 1. The van der Waals surface area contributed by atoms with E-state index < -0.39 is 17.1 Å². The first-order valence-corrected chi connectivity index (χ1v) is 8.80. The highest BCUT2D eigenvalue weighted by Gasteiger charge is 2.42. The highest BCUT2D eigenvalue weighted by molar-refractivity contribution is 5.92. The molecular formula is C22H23NO3. The number of ether oxygens (including phenoxy) is 2. The summed E-state index contributed by atoms with van der Waals surface area (Å²) in [5.74, 6) is -1.72. The van der Waals surface area contributed by atoms with Gasteiger partial charge in [-0.05, 0) is 32.4 Å². The second-order valence-electron chi connectivity index (χ2n) is 7.10. The Labute approximate surface area is 154 Å². The summed E-state index contributed by atoms with van der Waals surface area (Å²) in [7, 11) is 0. The van der Waals surface area contributed by atoms with Crippen LogP contribution in [0, 0.1) is 17.2 Å². The van der Waals surface area contributed by atoms with Gasteiger partial charge in [-0.2, -0.15) is 5.26 Å². The molecule has 0 N–H and O–H groups in total. The zero-order chi connectivity index (χ0) is 18.8. The van der Waals surface area contributed by atoms with Crippen molar-refractivity contribution in [2.45, 2.75) is 32.0 Å². The van der Waals surface area contributed by atoms with Gasteiger partial charge in [-0.1, -0.05) is 48.5 Å². The van der Waals surface area contributed by atoms with Crippen LogP contribution in [0.2, 0.25) is 0 Å². The van der Waals surface area contributed by atoms with Gasteiger partial charge in [-0.3, -0.25) is 4.79 Å². The minimum atomic E-state index is -0.961. The van der Waals surface area contributed by atoms with Gasteiger partial charge in [0.1, 0.15) is 5.92 Å². The van der Waals surface area contributed by atoms with Crippen molar-refractivity contribution in [1.82, 2.24) is 0 Å². The Hall–Kier alpha value is -2.48. The van der Waals surface area contributed by atoms with Crippen LogP contribution in [-0.2, 0) is 25.5 Å². The number of nitriles is 1. The van der Waals surface area contributed by atoms with Gasteiger partial charge >= 0.3 is 0 Å². The van der Waals surface area contributed by atoms with Gasteiger partial charge in [0.25, 0.3) is 0 Å². The van der Waals surface area contributed by atoms with Gasteiger partial charge in [0.2, 0.25) is 5.79 Å². The minimum absolute atomic E-state index is 0.0980. The SMILES string of the molecule is CC(C#N)C(=O)C(C)(C)c1cccc(C2(c3ccccc3)OCCO2)c1. The monoisotopic (exact) mass is 349 g/mol. The molecule has 2 aromatic carbocycles. The third-order valence-electron chi connectivity index (χ3n) is 5.02. The lowest BCUT2D eigenvalue weighted by Gasteiger charge is -2.31. The van der Waals surface area contributed by atoms with Gasteiger partial charge in [0.15, 0.2) is 5.78 Å². The van der Waals surface area contributed by atoms with Gasteiger partial charge in [-0.15, -0.1) is 0 Å². The maximum absolute atomic E-state index is 12.7. The number of hydrogen-bond donors (Lipinski definition) is 0. The molecule has 0 spiro atoms. The van der Waals surface area contributed by atoms with Crippen LogP contribution in [0.3, 0.4) is 0 Å². The lowest BCUT2D eigenvalue weighted by Crippen LogP contribution is -2.34. The molecule has 1 heterocycles. The van der Waals surface area contributed by atoms with E-state index in [9.17, 15) is 4.79 Å². The second-order valence-corrected chi connectivity index (χ2v) is 7.10. The van der Waals surface area contributed by atoms with Crippen LogP contribution < -0.4 is 0 Å². The molecule has 3 rings (SSSR count). The molecule has 4 nitrogen and oxygen atoms in total. The highest BCUT2D eigenvalue weighted by Crippen LogP contribution is 2.40. The largest absolute Gasteiger partial charge is 0.340 e. The molecule has 0 bridgehead atoms. The molecule has 1 aliphatic rings.